The van der Waals surface area contributed by atoms with E-state index in [4.69, 9.17) is 15.7 Å². The minimum atomic E-state index is -1.91. The van der Waals surface area contributed by atoms with E-state index in [0.717, 1.165) is 12.0 Å². The molecule has 0 heterocycles. The Hall–Kier alpha value is -4.02. The van der Waals surface area contributed by atoms with Gasteiger partial charge in [0.1, 0.15) is 0 Å². The molecule has 0 saturated heterocycles. The number of amides is 1. The zero-order valence-corrected chi connectivity index (χ0v) is 20.0. The molecule has 1 unspecified atom stereocenters. The SMILES string of the molecule is CCCCC(=O)C(N)(C(=O)OCC)c1ccc2c(C(=O)NCc3ccc(C#N)cc3)cccc2c1. The zero-order chi connectivity index (χ0) is 25.4. The summed E-state index contributed by atoms with van der Waals surface area (Å²) in [6, 6.07) is 19.3. The summed E-state index contributed by atoms with van der Waals surface area (Å²) in [6.07, 6.45) is 1.58. The van der Waals surface area contributed by atoms with Gasteiger partial charge in [-0.15, -0.1) is 0 Å². The van der Waals surface area contributed by atoms with Crippen LogP contribution in [0, 0.1) is 11.3 Å². The van der Waals surface area contributed by atoms with Crippen molar-refractivity contribution in [1.82, 2.24) is 5.32 Å². The van der Waals surface area contributed by atoms with Gasteiger partial charge in [0.25, 0.3) is 5.91 Å². The molecule has 0 spiro atoms. The first-order valence-electron chi connectivity index (χ1n) is 11.6. The summed E-state index contributed by atoms with van der Waals surface area (Å²) < 4.78 is 5.16. The van der Waals surface area contributed by atoms with Crippen LogP contribution in [-0.2, 0) is 26.4 Å². The summed E-state index contributed by atoms with van der Waals surface area (Å²) in [5, 5.41) is 13.2. The van der Waals surface area contributed by atoms with E-state index < -0.39 is 17.3 Å². The number of benzene rings is 3. The van der Waals surface area contributed by atoms with Crippen molar-refractivity contribution in [2.24, 2.45) is 5.73 Å². The van der Waals surface area contributed by atoms with Crippen LogP contribution in [0.5, 0.6) is 0 Å². The number of rotatable bonds is 10. The van der Waals surface area contributed by atoms with E-state index in [0.29, 0.717) is 40.4 Å². The van der Waals surface area contributed by atoms with Crippen molar-refractivity contribution < 1.29 is 19.1 Å². The molecule has 1 atom stereocenters. The van der Waals surface area contributed by atoms with Gasteiger partial charge in [0, 0.05) is 18.5 Å². The van der Waals surface area contributed by atoms with Gasteiger partial charge in [-0.2, -0.15) is 5.26 Å². The van der Waals surface area contributed by atoms with Crippen molar-refractivity contribution in [1.29, 1.82) is 5.26 Å². The maximum atomic E-state index is 13.0. The molecular formula is C28H29N3O4. The first kappa shape index (κ1) is 25.6. The number of hydrogen-bond acceptors (Lipinski definition) is 6. The van der Waals surface area contributed by atoms with Gasteiger partial charge < -0.3 is 15.8 Å². The smallest absolute Gasteiger partial charge is 0.338 e. The van der Waals surface area contributed by atoms with Crippen molar-refractivity contribution in [2.75, 3.05) is 6.61 Å². The number of esters is 1. The van der Waals surface area contributed by atoms with E-state index in [1.54, 1.807) is 67.6 Å². The molecular weight excluding hydrogens is 442 g/mol. The minimum absolute atomic E-state index is 0.107. The average Bonchev–Trinajstić information content (AvgIpc) is 2.89. The molecule has 3 N–H and O–H groups in total. The third kappa shape index (κ3) is 5.56. The molecule has 0 aliphatic carbocycles. The highest BCUT2D eigenvalue weighted by Gasteiger charge is 2.44. The van der Waals surface area contributed by atoms with Gasteiger partial charge in [0.2, 0.25) is 0 Å². The molecule has 0 aliphatic rings. The number of hydrogen-bond donors (Lipinski definition) is 2. The van der Waals surface area contributed by atoms with Crippen LogP contribution in [-0.4, -0.2) is 24.3 Å². The Morgan fingerprint density at radius 1 is 1.06 bits per heavy atom. The Morgan fingerprint density at radius 2 is 1.80 bits per heavy atom. The van der Waals surface area contributed by atoms with Crippen LogP contribution in [0.15, 0.2) is 60.7 Å². The Morgan fingerprint density at radius 3 is 2.46 bits per heavy atom. The van der Waals surface area contributed by atoms with Gasteiger partial charge in [-0.3, -0.25) is 9.59 Å². The summed E-state index contributed by atoms with van der Waals surface area (Å²) >= 11 is 0. The summed E-state index contributed by atoms with van der Waals surface area (Å²) in [5.41, 5.74) is 6.73. The van der Waals surface area contributed by atoms with Crippen LogP contribution in [0.3, 0.4) is 0 Å². The third-order valence-corrected chi connectivity index (χ3v) is 5.91. The van der Waals surface area contributed by atoms with E-state index in [1.165, 1.54) is 0 Å². The molecule has 0 radical (unpaired) electrons. The number of carbonyl (C=O) groups excluding carboxylic acids is 3. The molecule has 35 heavy (non-hydrogen) atoms. The lowest BCUT2D eigenvalue weighted by molar-refractivity contribution is -0.154. The monoisotopic (exact) mass is 471 g/mol. The first-order valence-corrected chi connectivity index (χ1v) is 11.6. The van der Waals surface area contributed by atoms with Crippen LogP contribution in [0.4, 0.5) is 0 Å². The van der Waals surface area contributed by atoms with Gasteiger partial charge >= 0.3 is 5.97 Å². The first-order chi connectivity index (χ1) is 16.8. The molecule has 0 bridgehead atoms. The van der Waals surface area contributed by atoms with Crippen molar-refractivity contribution in [2.45, 2.75) is 45.2 Å². The molecule has 3 rings (SSSR count). The second kappa shape index (κ2) is 11.4. The van der Waals surface area contributed by atoms with E-state index in [9.17, 15) is 14.4 Å². The van der Waals surface area contributed by atoms with Gasteiger partial charge in [-0.05, 0) is 59.5 Å². The number of carbonyl (C=O) groups is 3. The van der Waals surface area contributed by atoms with Gasteiger partial charge in [-0.1, -0.05) is 49.7 Å². The number of nitriles is 1. The fourth-order valence-corrected chi connectivity index (χ4v) is 3.87. The normalized spacial score (nSPS) is 12.4. The van der Waals surface area contributed by atoms with Crippen LogP contribution < -0.4 is 11.1 Å². The quantitative estimate of drug-likeness (QED) is 0.339. The minimum Gasteiger partial charge on any atom is -0.464 e. The fraction of sp³-hybridized carbons (Fsp3) is 0.286. The standard InChI is InChI=1S/C28H29N3O4/c1-3-5-9-25(32)28(30,27(34)35-4-2)22-14-15-23-21(16-22)7-6-8-24(23)26(33)31-18-20-12-10-19(17-29)11-13-20/h6-8,10-16H,3-5,9,18,30H2,1-2H3,(H,31,33). The molecule has 0 aliphatic heterocycles. The number of ketones is 1. The van der Waals surface area contributed by atoms with Gasteiger partial charge in [0.05, 0.1) is 18.2 Å². The molecule has 7 nitrogen and oxygen atoms in total. The second-order valence-corrected chi connectivity index (χ2v) is 8.29. The molecule has 7 heteroatoms. The maximum absolute atomic E-state index is 13.0. The van der Waals surface area contributed by atoms with Crippen LogP contribution in [0.25, 0.3) is 10.8 Å². The van der Waals surface area contributed by atoms with Gasteiger partial charge in [0.15, 0.2) is 11.3 Å². The van der Waals surface area contributed by atoms with Crippen molar-refractivity contribution in [3.05, 3.63) is 82.9 Å². The van der Waals surface area contributed by atoms with Crippen LogP contribution in [0.2, 0.25) is 0 Å². The van der Waals surface area contributed by atoms with Crippen molar-refractivity contribution in [3.63, 3.8) is 0 Å². The van der Waals surface area contributed by atoms with Crippen LogP contribution in [0.1, 0.15) is 60.2 Å². The zero-order valence-electron chi connectivity index (χ0n) is 20.0. The Bertz CT molecular complexity index is 1280. The molecule has 1 amide bonds. The lowest BCUT2D eigenvalue weighted by Gasteiger charge is -2.26. The molecule has 180 valence electrons. The number of nitrogens with zero attached hydrogens (tertiary/aromatic N) is 1. The molecule has 0 aromatic heterocycles. The highest BCUT2D eigenvalue weighted by Crippen LogP contribution is 2.29. The number of unbranched alkanes of at least 4 members (excludes halogenated alkanes) is 1. The topological polar surface area (TPSA) is 122 Å². The third-order valence-electron chi connectivity index (χ3n) is 5.91. The number of Topliss-reactive ketones (excluding diaryl/α,β-unsaturated/α-hetero) is 1. The number of nitrogens with two attached hydrogens (primary N) is 1. The van der Waals surface area contributed by atoms with Crippen molar-refractivity contribution in [3.8, 4) is 6.07 Å². The number of ether oxygens (including phenoxy) is 1. The summed E-state index contributed by atoms with van der Waals surface area (Å²) in [4.78, 5) is 38.7. The second-order valence-electron chi connectivity index (χ2n) is 8.29. The number of fused-ring (bicyclic) bond motifs is 1. The summed E-state index contributed by atoms with van der Waals surface area (Å²) in [7, 11) is 0. The number of nitrogens with one attached hydrogen (secondary N) is 1. The predicted octanol–water partition coefficient (Wildman–Crippen LogP) is 4.12. The van der Waals surface area contributed by atoms with Crippen LogP contribution >= 0.6 is 0 Å². The summed E-state index contributed by atoms with van der Waals surface area (Å²) in [5.74, 6) is -1.44. The Kier molecular flexibility index (Phi) is 8.34. The molecule has 0 fully saturated rings. The fourth-order valence-electron chi connectivity index (χ4n) is 3.87. The van der Waals surface area contributed by atoms with E-state index in [-0.39, 0.29) is 18.9 Å². The van der Waals surface area contributed by atoms with E-state index >= 15 is 0 Å². The molecule has 0 saturated carbocycles. The predicted molar refractivity (Wildman–Crippen MR) is 133 cm³/mol. The molecule has 3 aromatic rings. The van der Waals surface area contributed by atoms with E-state index in [2.05, 4.69) is 11.4 Å². The van der Waals surface area contributed by atoms with Crippen molar-refractivity contribution >= 4 is 28.4 Å². The summed E-state index contributed by atoms with van der Waals surface area (Å²) in [6.45, 7) is 4.04. The lowest BCUT2D eigenvalue weighted by Crippen LogP contribution is -2.52. The largest absolute Gasteiger partial charge is 0.464 e. The average molecular weight is 472 g/mol. The molecule has 3 aromatic carbocycles. The highest BCUT2D eigenvalue weighted by atomic mass is 16.5. The Balaban J connectivity index is 1.91. The van der Waals surface area contributed by atoms with E-state index in [1.807, 2.05) is 6.92 Å². The Labute approximate surface area is 204 Å². The maximum Gasteiger partial charge on any atom is 0.338 e. The van der Waals surface area contributed by atoms with Gasteiger partial charge in [-0.25, -0.2) is 4.79 Å². The highest BCUT2D eigenvalue weighted by molar-refractivity contribution is 6.11. The lowest BCUT2D eigenvalue weighted by atomic mass is 9.83.